The lowest BCUT2D eigenvalue weighted by Crippen LogP contribution is -2.23. The van der Waals surface area contributed by atoms with Gasteiger partial charge in [-0.1, -0.05) is 55.8 Å². The summed E-state index contributed by atoms with van der Waals surface area (Å²) in [5, 5.41) is 3.46. The molecule has 0 radical (unpaired) electrons. The Morgan fingerprint density at radius 3 is 2.67 bits per heavy atom. The standard InChI is InChI=1S/C24H29ClN2O3/c1-16(2)12-13-30-15-17-4-6-18(7-5-17)20(14-19-8-11-23(28)26-19)22-10-9-21(25)24(27-22)29-3/h4-7,9-10,14,16,19H,8,11-13,15H2,1-3H3,(H,26,28)/b20-14-/t19-/m1/s1. The largest absolute Gasteiger partial charge is 0.480 e. The first-order valence-electron chi connectivity index (χ1n) is 10.4. The number of aromatic nitrogens is 1. The van der Waals surface area contributed by atoms with Crippen molar-refractivity contribution in [3.05, 3.63) is 64.3 Å². The summed E-state index contributed by atoms with van der Waals surface area (Å²) in [6.07, 6.45) is 4.43. The molecule has 1 aromatic heterocycles. The minimum absolute atomic E-state index is 0.0185. The highest BCUT2D eigenvalue weighted by molar-refractivity contribution is 6.31. The molecule has 160 valence electrons. The van der Waals surface area contributed by atoms with Crippen LogP contribution in [0.15, 0.2) is 42.5 Å². The van der Waals surface area contributed by atoms with Crippen molar-refractivity contribution in [1.29, 1.82) is 0 Å². The molecule has 5 nitrogen and oxygen atoms in total. The van der Waals surface area contributed by atoms with Crippen molar-refractivity contribution in [2.75, 3.05) is 13.7 Å². The molecule has 0 unspecified atom stereocenters. The topological polar surface area (TPSA) is 60.5 Å². The SMILES string of the molecule is COc1nc(/C(=C\[C@H]2CCC(=O)N2)c2ccc(COCCC(C)C)cc2)ccc1Cl. The highest BCUT2D eigenvalue weighted by atomic mass is 35.5. The number of hydrogen-bond donors (Lipinski definition) is 1. The smallest absolute Gasteiger partial charge is 0.232 e. The van der Waals surface area contributed by atoms with Crippen LogP contribution in [0.25, 0.3) is 5.57 Å². The number of amides is 1. The third-order valence-electron chi connectivity index (χ3n) is 5.05. The molecule has 1 saturated heterocycles. The van der Waals surface area contributed by atoms with Crippen LogP contribution in [0.1, 0.15) is 49.9 Å². The van der Waals surface area contributed by atoms with Crippen LogP contribution < -0.4 is 10.1 Å². The average Bonchev–Trinajstić information content (AvgIpc) is 3.15. The predicted octanol–water partition coefficient (Wildman–Crippen LogP) is 5.02. The van der Waals surface area contributed by atoms with Gasteiger partial charge in [0.1, 0.15) is 5.02 Å². The number of carbonyl (C=O) groups is 1. The van der Waals surface area contributed by atoms with Crippen molar-refractivity contribution in [2.24, 2.45) is 5.92 Å². The molecule has 0 spiro atoms. The fourth-order valence-electron chi connectivity index (χ4n) is 3.30. The van der Waals surface area contributed by atoms with E-state index in [1.807, 2.05) is 6.07 Å². The summed E-state index contributed by atoms with van der Waals surface area (Å²) in [4.78, 5) is 16.2. The van der Waals surface area contributed by atoms with Gasteiger partial charge in [-0.25, -0.2) is 4.98 Å². The summed E-state index contributed by atoms with van der Waals surface area (Å²) in [5.74, 6) is 1.09. The van der Waals surface area contributed by atoms with Crippen molar-refractivity contribution >= 4 is 23.1 Å². The third-order valence-corrected chi connectivity index (χ3v) is 5.34. The number of halogens is 1. The molecule has 1 aliphatic heterocycles. The molecule has 1 aliphatic rings. The maximum atomic E-state index is 11.7. The van der Waals surface area contributed by atoms with E-state index >= 15 is 0 Å². The van der Waals surface area contributed by atoms with E-state index in [9.17, 15) is 4.79 Å². The van der Waals surface area contributed by atoms with Gasteiger partial charge in [0.2, 0.25) is 11.8 Å². The second kappa shape index (κ2) is 10.6. The molecule has 0 aliphatic carbocycles. The number of methoxy groups -OCH3 is 1. The average molecular weight is 429 g/mol. The molecule has 1 atom stereocenters. The predicted molar refractivity (Wildman–Crippen MR) is 120 cm³/mol. The normalized spacial score (nSPS) is 16.8. The van der Waals surface area contributed by atoms with Crippen LogP contribution in [-0.4, -0.2) is 30.6 Å². The van der Waals surface area contributed by atoms with Crippen molar-refractivity contribution < 1.29 is 14.3 Å². The molecular formula is C24H29ClN2O3. The maximum absolute atomic E-state index is 11.7. The zero-order chi connectivity index (χ0) is 21.5. The van der Waals surface area contributed by atoms with Crippen LogP contribution in [0.3, 0.4) is 0 Å². The van der Waals surface area contributed by atoms with E-state index in [0.29, 0.717) is 29.8 Å². The van der Waals surface area contributed by atoms with Crippen molar-refractivity contribution in [1.82, 2.24) is 10.3 Å². The van der Waals surface area contributed by atoms with Gasteiger partial charge in [-0.05, 0) is 42.0 Å². The monoisotopic (exact) mass is 428 g/mol. The minimum Gasteiger partial charge on any atom is -0.480 e. The van der Waals surface area contributed by atoms with E-state index in [4.69, 9.17) is 21.1 Å². The van der Waals surface area contributed by atoms with Gasteiger partial charge in [-0.15, -0.1) is 0 Å². The number of nitrogens with one attached hydrogen (secondary N) is 1. The number of carbonyl (C=O) groups excluding carboxylic acids is 1. The summed E-state index contributed by atoms with van der Waals surface area (Å²) in [6, 6.07) is 11.9. The molecule has 1 fully saturated rings. The minimum atomic E-state index is -0.0185. The van der Waals surface area contributed by atoms with Crippen LogP contribution in [0.4, 0.5) is 0 Å². The van der Waals surface area contributed by atoms with Crippen molar-refractivity contribution in [3.8, 4) is 5.88 Å². The molecule has 1 N–H and O–H groups in total. The quantitative estimate of drug-likeness (QED) is 0.570. The van der Waals surface area contributed by atoms with E-state index in [-0.39, 0.29) is 11.9 Å². The Kier molecular flexibility index (Phi) is 7.88. The molecule has 1 amide bonds. The fraction of sp³-hybridized carbons (Fsp3) is 0.417. The lowest BCUT2D eigenvalue weighted by molar-refractivity contribution is -0.119. The van der Waals surface area contributed by atoms with Gasteiger partial charge in [-0.2, -0.15) is 0 Å². The first kappa shape index (κ1) is 22.3. The summed E-state index contributed by atoms with van der Waals surface area (Å²) >= 11 is 6.16. The molecule has 0 saturated carbocycles. The van der Waals surface area contributed by atoms with Crippen molar-refractivity contribution in [3.63, 3.8) is 0 Å². The van der Waals surface area contributed by atoms with Crippen LogP contribution >= 0.6 is 11.6 Å². The first-order chi connectivity index (χ1) is 14.5. The second-order valence-electron chi connectivity index (χ2n) is 7.91. The molecule has 1 aromatic carbocycles. The third kappa shape index (κ3) is 6.07. The lowest BCUT2D eigenvalue weighted by atomic mass is 9.98. The zero-order valence-electron chi connectivity index (χ0n) is 17.8. The second-order valence-corrected chi connectivity index (χ2v) is 8.32. The Morgan fingerprint density at radius 2 is 2.03 bits per heavy atom. The van der Waals surface area contributed by atoms with Crippen LogP contribution in [0, 0.1) is 5.92 Å². The molecule has 6 heteroatoms. The van der Waals surface area contributed by atoms with E-state index in [0.717, 1.165) is 41.8 Å². The van der Waals surface area contributed by atoms with E-state index in [1.165, 1.54) is 0 Å². The fourth-order valence-corrected chi connectivity index (χ4v) is 3.48. The summed E-state index contributed by atoms with van der Waals surface area (Å²) in [5.41, 5.74) is 3.82. The molecule has 2 heterocycles. The summed E-state index contributed by atoms with van der Waals surface area (Å²) in [6.45, 7) is 5.75. The molecule has 2 aromatic rings. The molecular weight excluding hydrogens is 400 g/mol. The van der Waals surface area contributed by atoms with Crippen molar-refractivity contribution in [2.45, 2.75) is 45.8 Å². The molecule has 30 heavy (non-hydrogen) atoms. The molecule has 0 bridgehead atoms. The van der Waals surface area contributed by atoms with Crippen LogP contribution in [0.2, 0.25) is 5.02 Å². The Labute approximate surface area is 183 Å². The van der Waals surface area contributed by atoms with E-state index in [2.05, 4.69) is 54.5 Å². The Morgan fingerprint density at radius 1 is 1.27 bits per heavy atom. The van der Waals surface area contributed by atoms with Gasteiger partial charge >= 0.3 is 0 Å². The first-order valence-corrected chi connectivity index (χ1v) is 10.7. The lowest BCUT2D eigenvalue weighted by Gasteiger charge is -2.14. The van der Waals surface area contributed by atoms with Gasteiger partial charge in [0.05, 0.1) is 19.4 Å². The summed E-state index contributed by atoms with van der Waals surface area (Å²) < 4.78 is 11.1. The van der Waals surface area contributed by atoms with Gasteiger partial charge in [0, 0.05) is 24.6 Å². The Hall–Kier alpha value is -2.37. The number of rotatable bonds is 9. The number of pyridine rings is 1. The number of nitrogens with zero attached hydrogens (tertiary/aromatic N) is 1. The summed E-state index contributed by atoms with van der Waals surface area (Å²) in [7, 11) is 1.55. The van der Waals surface area contributed by atoms with Gasteiger partial charge < -0.3 is 14.8 Å². The van der Waals surface area contributed by atoms with Crippen LogP contribution in [-0.2, 0) is 16.1 Å². The van der Waals surface area contributed by atoms with Gasteiger partial charge in [-0.3, -0.25) is 4.79 Å². The van der Waals surface area contributed by atoms with Gasteiger partial charge in [0.15, 0.2) is 0 Å². The number of ether oxygens (including phenoxy) is 2. The van der Waals surface area contributed by atoms with E-state index < -0.39 is 0 Å². The maximum Gasteiger partial charge on any atom is 0.232 e. The van der Waals surface area contributed by atoms with Gasteiger partial charge in [0.25, 0.3) is 0 Å². The molecule has 3 rings (SSSR count). The Bertz CT molecular complexity index is 894. The highest BCUT2D eigenvalue weighted by Gasteiger charge is 2.21. The highest BCUT2D eigenvalue weighted by Crippen LogP contribution is 2.29. The van der Waals surface area contributed by atoms with Crippen LogP contribution in [0.5, 0.6) is 5.88 Å². The Balaban J connectivity index is 1.83. The number of benzene rings is 1. The van der Waals surface area contributed by atoms with E-state index in [1.54, 1.807) is 13.2 Å². The zero-order valence-corrected chi connectivity index (χ0v) is 18.5. The number of hydrogen-bond acceptors (Lipinski definition) is 4.